The SMILES string of the molecule is Cc1cc(NC(=O)CC2CCNCC2)cnc1Br. The number of hydrogen-bond donors (Lipinski definition) is 2. The van der Waals surface area contributed by atoms with Crippen LogP contribution >= 0.6 is 15.9 Å². The number of piperidine rings is 1. The normalized spacial score (nSPS) is 16.6. The van der Waals surface area contributed by atoms with Crippen LogP contribution in [0.4, 0.5) is 5.69 Å². The summed E-state index contributed by atoms with van der Waals surface area (Å²) in [7, 11) is 0. The van der Waals surface area contributed by atoms with E-state index in [1.165, 1.54) is 0 Å². The quantitative estimate of drug-likeness (QED) is 0.843. The number of halogens is 1. The first kappa shape index (κ1) is 13.5. The molecule has 0 atom stereocenters. The number of rotatable bonds is 3. The molecule has 2 heterocycles. The van der Waals surface area contributed by atoms with Crippen molar-refractivity contribution in [2.24, 2.45) is 5.92 Å². The van der Waals surface area contributed by atoms with Gasteiger partial charge in [-0.1, -0.05) is 0 Å². The lowest BCUT2D eigenvalue weighted by Gasteiger charge is -2.21. The Morgan fingerprint density at radius 2 is 2.28 bits per heavy atom. The molecule has 1 amide bonds. The van der Waals surface area contributed by atoms with Gasteiger partial charge in [0.1, 0.15) is 4.60 Å². The number of nitrogens with zero attached hydrogens (tertiary/aromatic N) is 1. The van der Waals surface area contributed by atoms with E-state index in [0.29, 0.717) is 12.3 Å². The van der Waals surface area contributed by atoms with Crippen molar-refractivity contribution in [3.63, 3.8) is 0 Å². The number of carbonyl (C=O) groups is 1. The Bertz CT molecular complexity index is 430. The van der Waals surface area contributed by atoms with Crippen LogP contribution in [0, 0.1) is 12.8 Å². The minimum Gasteiger partial charge on any atom is -0.325 e. The first-order chi connectivity index (χ1) is 8.65. The highest BCUT2D eigenvalue weighted by Crippen LogP contribution is 2.19. The first-order valence-corrected chi connectivity index (χ1v) is 7.07. The molecule has 1 fully saturated rings. The molecule has 4 nitrogen and oxygen atoms in total. The van der Waals surface area contributed by atoms with Gasteiger partial charge in [-0.25, -0.2) is 4.98 Å². The highest BCUT2D eigenvalue weighted by Gasteiger charge is 2.16. The summed E-state index contributed by atoms with van der Waals surface area (Å²) in [6, 6.07) is 1.93. The number of nitrogens with one attached hydrogen (secondary N) is 2. The molecule has 0 spiro atoms. The number of aromatic nitrogens is 1. The molecule has 0 aliphatic carbocycles. The van der Waals surface area contributed by atoms with Crippen LogP contribution in [0.3, 0.4) is 0 Å². The van der Waals surface area contributed by atoms with Crippen LogP contribution in [0.5, 0.6) is 0 Å². The number of aryl methyl sites for hydroxylation is 1. The lowest BCUT2D eigenvalue weighted by atomic mass is 9.94. The number of amides is 1. The molecular weight excluding hydrogens is 294 g/mol. The molecule has 1 aliphatic heterocycles. The molecule has 98 valence electrons. The molecule has 5 heteroatoms. The molecule has 1 saturated heterocycles. The molecule has 0 aromatic carbocycles. The predicted molar refractivity (Wildman–Crippen MR) is 75.5 cm³/mol. The Morgan fingerprint density at radius 3 is 2.94 bits per heavy atom. The molecule has 2 rings (SSSR count). The summed E-state index contributed by atoms with van der Waals surface area (Å²) in [4.78, 5) is 16.1. The number of anilines is 1. The summed E-state index contributed by atoms with van der Waals surface area (Å²) in [5, 5.41) is 6.22. The minimum absolute atomic E-state index is 0.0884. The van der Waals surface area contributed by atoms with Crippen molar-refractivity contribution < 1.29 is 4.79 Å². The molecule has 0 saturated carbocycles. The van der Waals surface area contributed by atoms with Crippen molar-refractivity contribution in [3.05, 3.63) is 22.4 Å². The zero-order valence-corrected chi connectivity index (χ0v) is 12.1. The topological polar surface area (TPSA) is 54.0 Å². The van der Waals surface area contributed by atoms with Gasteiger partial charge in [0.05, 0.1) is 11.9 Å². The molecule has 1 aliphatic rings. The van der Waals surface area contributed by atoms with E-state index in [4.69, 9.17) is 0 Å². The highest BCUT2D eigenvalue weighted by molar-refractivity contribution is 9.10. The molecule has 2 N–H and O–H groups in total. The minimum atomic E-state index is 0.0884. The van der Waals surface area contributed by atoms with E-state index in [1.54, 1.807) is 6.20 Å². The third-order valence-corrected chi connectivity index (χ3v) is 4.06. The van der Waals surface area contributed by atoms with E-state index in [0.717, 1.165) is 41.8 Å². The van der Waals surface area contributed by atoms with Crippen molar-refractivity contribution in [1.29, 1.82) is 0 Å². The maximum absolute atomic E-state index is 11.9. The first-order valence-electron chi connectivity index (χ1n) is 6.28. The smallest absolute Gasteiger partial charge is 0.224 e. The summed E-state index contributed by atoms with van der Waals surface area (Å²) in [6.45, 7) is 4.01. The fraction of sp³-hybridized carbons (Fsp3) is 0.538. The third-order valence-electron chi connectivity index (χ3n) is 3.23. The second kappa shape index (κ2) is 6.29. The van der Waals surface area contributed by atoms with Crippen LogP contribution in [-0.4, -0.2) is 24.0 Å². The van der Waals surface area contributed by atoms with E-state index < -0.39 is 0 Å². The Hall–Kier alpha value is -0.940. The van der Waals surface area contributed by atoms with Gasteiger partial charge in [-0.05, 0) is 66.3 Å². The van der Waals surface area contributed by atoms with Crippen molar-refractivity contribution in [2.45, 2.75) is 26.2 Å². The van der Waals surface area contributed by atoms with Gasteiger partial charge in [-0.2, -0.15) is 0 Å². The molecule has 1 aromatic heterocycles. The summed E-state index contributed by atoms with van der Waals surface area (Å²) in [5.41, 5.74) is 1.80. The fourth-order valence-electron chi connectivity index (χ4n) is 2.19. The van der Waals surface area contributed by atoms with Crippen molar-refractivity contribution >= 4 is 27.5 Å². The Kier molecular flexibility index (Phi) is 4.72. The van der Waals surface area contributed by atoms with Crippen LogP contribution in [0.2, 0.25) is 0 Å². The van der Waals surface area contributed by atoms with Crippen molar-refractivity contribution in [1.82, 2.24) is 10.3 Å². The van der Waals surface area contributed by atoms with Gasteiger partial charge in [-0.15, -0.1) is 0 Å². The standard InChI is InChI=1S/C13H18BrN3O/c1-9-6-11(8-16-13(9)14)17-12(18)7-10-2-4-15-5-3-10/h6,8,10,15H,2-5,7H2,1H3,(H,17,18). The van der Waals surface area contributed by atoms with E-state index >= 15 is 0 Å². The van der Waals surface area contributed by atoms with Gasteiger partial charge in [0.25, 0.3) is 0 Å². The predicted octanol–water partition coefficient (Wildman–Crippen LogP) is 2.48. The van der Waals surface area contributed by atoms with Crippen LogP contribution in [0.15, 0.2) is 16.9 Å². The summed E-state index contributed by atoms with van der Waals surface area (Å²) >= 11 is 3.34. The Morgan fingerprint density at radius 1 is 1.56 bits per heavy atom. The largest absolute Gasteiger partial charge is 0.325 e. The third kappa shape index (κ3) is 3.78. The summed E-state index contributed by atoms with van der Waals surface area (Å²) in [6.07, 6.45) is 4.46. The van der Waals surface area contributed by atoms with E-state index in [2.05, 4.69) is 31.5 Å². The Balaban J connectivity index is 1.88. The lowest BCUT2D eigenvalue weighted by Crippen LogP contribution is -2.30. The molecular formula is C13H18BrN3O. The van der Waals surface area contributed by atoms with Gasteiger partial charge in [0.15, 0.2) is 0 Å². The van der Waals surface area contributed by atoms with E-state index in [-0.39, 0.29) is 5.91 Å². The van der Waals surface area contributed by atoms with Gasteiger partial charge in [-0.3, -0.25) is 4.79 Å². The number of hydrogen-bond acceptors (Lipinski definition) is 3. The summed E-state index contributed by atoms with van der Waals surface area (Å²) in [5.74, 6) is 0.598. The zero-order valence-electron chi connectivity index (χ0n) is 10.5. The second-order valence-electron chi connectivity index (χ2n) is 4.78. The van der Waals surface area contributed by atoms with Crippen molar-refractivity contribution in [2.75, 3.05) is 18.4 Å². The van der Waals surface area contributed by atoms with Crippen LogP contribution in [-0.2, 0) is 4.79 Å². The average Bonchev–Trinajstić information content (AvgIpc) is 2.35. The van der Waals surface area contributed by atoms with Gasteiger partial charge in [0.2, 0.25) is 5.91 Å². The Labute approximate surface area is 116 Å². The summed E-state index contributed by atoms with van der Waals surface area (Å²) < 4.78 is 0.818. The monoisotopic (exact) mass is 311 g/mol. The second-order valence-corrected chi connectivity index (χ2v) is 5.53. The maximum atomic E-state index is 11.9. The molecule has 0 unspecified atom stereocenters. The molecule has 0 bridgehead atoms. The molecule has 0 radical (unpaired) electrons. The molecule has 1 aromatic rings. The lowest BCUT2D eigenvalue weighted by molar-refractivity contribution is -0.117. The van der Waals surface area contributed by atoms with Crippen LogP contribution in [0.1, 0.15) is 24.8 Å². The highest BCUT2D eigenvalue weighted by atomic mass is 79.9. The number of pyridine rings is 1. The average molecular weight is 312 g/mol. The van der Waals surface area contributed by atoms with Crippen molar-refractivity contribution in [3.8, 4) is 0 Å². The van der Waals surface area contributed by atoms with Gasteiger partial charge < -0.3 is 10.6 Å². The van der Waals surface area contributed by atoms with E-state index in [9.17, 15) is 4.79 Å². The van der Waals surface area contributed by atoms with Gasteiger partial charge >= 0.3 is 0 Å². The molecule has 18 heavy (non-hydrogen) atoms. The van der Waals surface area contributed by atoms with Gasteiger partial charge in [0, 0.05) is 6.42 Å². The van der Waals surface area contributed by atoms with Crippen LogP contribution < -0.4 is 10.6 Å². The zero-order chi connectivity index (χ0) is 13.0. The number of carbonyl (C=O) groups excluding carboxylic acids is 1. The van der Waals surface area contributed by atoms with Crippen LogP contribution in [0.25, 0.3) is 0 Å². The maximum Gasteiger partial charge on any atom is 0.224 e. The fourth-order valence-corrected chi connectivity index (χ4v) is 2.40. The van der Waals surface area contributed by atoms with E-state index in [1.807, 2.05) is 13.0 Å².